The van der Waals surface area contributed by atoms with Gasteiger partial charge in [0.25, 0.3) is 0 Å². The van der Waals surface area contributed by atoms with Crippen molar-refractivity contribution < 1.29 is 4.79 Å². The summed E-state index contributed by atoms with van der Waals surface area (Å²) in [5.41, 5.74) is 0. The summed E-state index contributed by atoms with van der Waals surface area (Å²) >= 11 is 10.2. The van der Waals surface area contributed by atoms with E-state index in [-0.39, 0.29) is 10.2 Å². The second-order valence-electron chi connectivity index (χ2n) is 0.924. The molecule has 0 aliphatic rings. The van der Waals surface area contributed by atoms with E-state index in [2.05, 4.69) is 0 Å². The van der Waals surface area contributed by atoms with Crippen molar-refractivity contribution in [3.8, 4) is 0 Å². The maximum Gasteiger partial charge on any atom is 0.227 e. The molecule has 0 fully saturated rings. The fourth-order valence-corrected chi connectivity index (χ4v) is 0.214. The minimum Gasteiger partial charge on any atom is -0.288 e. The SMILES string of the molecule is N=C(Cl)/C(Cl)=C\[C]=O. The average Bonchev–Trinajstić information content (AvgIpc) is 1.67. The first-order chi connectivity index (χ1) is 3.68. The highest BCUT2D eigenvalue weighted by molar-refractivity contribution is 6.75. The standard InChI is InChI=1S/C4H2Cl2NO/c5-3(1-2-8)4(6)7/h1,7H/b3-1+,7-4?. The summed E-state index contributed by atoms with van der Waals surface area (Å²) < 4.78 is 0. The monoisotopic (exact) mass is 150 g/mol. The molecule has 0 aromatic carbocycles. The van der Waals surface area contributed by atoms with Crippen molar-refractivity contribution in [1.29, 1.82) is 5.41 Å². The Bertz CT molecular complexity index is 141. The lowest BCUT2D eigenvalue weighted by molar-refractivity contribution is 0.564. The predicted molar refractivity (Wildman–Crippen MR) is 33.2 cm³/mol. The molecule has 0 spiro atoms. The first-order valence-electron chi connectivity index (χ1n) is 1.66. The quantitative estimate of drug-likeness (QED) is 0.470. The van der Waals surface area contributed by atoms with E-state index >= 15 is 0 Å². The van der Waals surface area contributed by atoms with Gasteiger partial charge < -0.3 is 0 Å². The first-order valence-corrected chi connectivity index (χ1v) is 2.42. The Kier molecular flexibility index (Phi) is 3.48. The maximum absolute atomic E-state index is 9.48. The zero-order valence-electron chi connectivity index (χ0n) is 3.74. The smallest absolute Gasteiger partial charge is 0.227 e. The topological polar surface area (TPSA) is 40.9 Å². The van der Waals surface area contributed by atoms with E-state index in [9.17, 15) is 4.79 Å². The van der Waals surface area contributed by atoms with Crippen LogP contribution in [0.5, 0.6) is 0 Å². The van der Waals surface area contributed by atoms with Crippen molar-refractivity contribution in [1.82, 2.24) is 0 Å². The van der Waals surface area contributed by atoms with Crippen LogP contribution in [0.1, 0.15) is 0 Å². The minimum atomic E-state index is -0.352. The number of hydrogen-bond donors (Lipinski definition) is 1. The van der Waals surface area contributed by atoms with Crippen molar-refractivity contribution in [2.24, 2.45) is 0 Å². The van der Waals surface area contributed by atoms with Crippen LogP contribution in [-0.4, -0.2) is 11.5 Å². The van der Waals surface area contributed by atoms with Gasteiger partial charge in [0.2, 0.25) is 6.29 Å². The van der Waals surface area contributed by atoms with Gasteiger partial charge in [-0.3, -0.25) is 10.2 Å². The Balaban J connectivity index is 3.99. The lowest BCUT2D eigenvalue weighted by Gasteiger charge is -1.82. The average molecular weight is 151 g/mol. The zero-order chi connectivity index (χ0) is 6.57. The normalized spacial score (nSPS) is 11.0. The molecule has 0 aromatic rings. The third kappa shape index (κ3) is 2.77. The van der Waals surface area contributed by atoms with Crippen LogP contribution in [0, 0.1) is 5.41 Å². The van der Waals surface area contributed by atoms with Crippen LogP contribution in [0.4, 0.5) is 0 Å². The van der Waals surface area contributed by atoms with Gasteiger partial charge in [-0.15, -0.1) is 0 Å². The number of allylic oxidation sites excluding steroid dienone is 2. The first kappa shape index (κ1) is 7.66. The largest absolute Gasteiger partial charge is 0.288 e. The highest BCUT2D eigenvalue weighted by Crippen LogP contribution is 2.03. The van der Waals surface area contributed by atoms with Gasteiger partial charge in [0.15, 0.2) is 0 Å². The van der Waals surface area contributed by atoms with Crippen LogP contribution < -0.4 is 0 Å². The fraction of sp³-hybridized carbons (Fsp3) is 0. The van der Waals surface area contributed by atoms with Crippen molar-refractivity contribution in [2.45, 2.75) is 0 Å². The van der Waals surface area contributed by atoms with Gasteiger partial charge in [0.1, 0.15) is 5.17 Å². The molecule has 0 heterocycles. The number of rotatable bonds is 2. The number of hydrogen-bond acceptors (Lipinski definition) is 2. The van der Waals surface area contributed by atoms with Crippen LogP contribution in [0.25, 0.3) is 0 Å². The molecule has 0 aliphatic carbocycles. The van der Waals surface area contributed by atoms with Crippen LogP contribution in [-0.2, 0) is 4.79 Å². The maximum atomic E-state index is 9.48. The molecular formula is C4H2Cl2NO. The molecule has 0 rings (SSSR count). The van der Waals surface area contributed by atoms with E-state index in [4.69, 9.17) is 28.6 Å². The summed E-state index contributed by atoms with van der Waals surface area (Å²) in [6.45, 7) is 0. The molecule has 8 heavy (non-hydrogen) atoms. The highest BCUT2D eigenvalue weighted by Gasteiger charge is 1.93. The van der Waals surface area contributed by atoms with E-state index in [1.54, 1.807) is 0 Å². The molecule has 4 heteroatoms. The fourth-order valence-electron chi connectivity index (χ4n) is 0.115. The van der Waals surface area contributed by atoms with E-state index in [1.165, 1.54) is 6.29 Å². The summed E-state index contributed by atoms with van der Waals surface area (Å²) in [6.07, 6.45) is 2.27. The molecule has 0 aromatic heterocycles. The Morgan fingerprint density at radius 1 is 1.62 bits per heavy atom. The molecule has 0 unspecified atom stereocenters. The number of nitrogens with one attached hydrogen (secondary N) is 1. The van der Waals surface area contributed by atoms with Crippen molar-refractivity contribution in [2.75, 3.05) is 0 Å². The number of halogens is 2. The summed E-state index contributed by atoms with van der Waals surface area (Å²) in [6, 6.07) is 0. The Labute approximate surface area is 56.6 Å². The molecule has 43 valence electrons. The third-order valence-corrected chi connectivity index (χ3v) is 0.994. The molecule has 0 saturated carbocycles. The van der Waals surface area contributed by atoms with E-state index < -0.39 is 0 Å². The van der Waals surface area contributed by atoms with Gasteiger partial charge in [0.05, 0.1) is 5.03 Å². The van der Waals surface area contributed by atoms with E-state index in [0.717, 1.165) is 6.08 Å². The van der Waals surface area contributed by atoms with Crippen molar-refractivity contribution in [3.05, 3.63) is 11.1 Å². The highest BCUT2D eigenvalue weighted by atomic mass is 35.5. The van der Waals surface area contributed by atoms with Crippen molar-refractivity contribution >= 4 is 34.7 Å². The van der Waals surface area contributed by atoms with Gasteiger partial charge in [-0.25, -0.2) is 0 Å². The van der Waals surface area contributed by atoms with Gasteiger partial charge >= 0.3 is 0 Å². The molecule has 1 N–H and O–H groups in total. The van der Waals surface area contributed by atoms with Gasteiger partial charge in [-0.05, 0) is 0 Å². The Morgan fingerprint density at radius 2 is 2.12 bits per heavy atom. The summed E-state index contributed by atoms with van der Waals surface area (Å²) in [4.78, 5) is 9.48. The van der Waals surface area contributed by atoms with Gasteiger partial charge in [-0.1, -0.05) is 23.2 Å². The molecule has 0 atom stereocenters. The predicted octanol–water partition coefficient (Wildman–Crippen LogP) is 1.43. The molecular weight excluding hydrogens is 149 g/mol. The van der Waals surface area contributed by atoms with Crippen LogP contribution in [0.2, 0.25) is 0 Å². The van der Waals surface area contributed by atoms with Crippen LogP contribution >= 0.6 is 23.2 Å². The molecule has 0 amide bonds. The summed E-state index contributed by atoms with van der Waals surface area (Å²) in [7, 11) is 0. The molecule has 1 radical (unpaired) electrons. The number of carbonyl (C=O) groups excluding carboxylic acids is 1. The van der Waals surface area contributed by atoms with E-state index in [0.29, 0.717) is 0 Å². The molecule has 0 bridgehead atoms. The van der Waals surface area contributed by atoms with Gasteiger partial charge in [0, 0.05) is 6.08 Å². The summed E-state index contributed by atoms with van der Waals surface area (Å²) in [5, 5.41) is 6.14. The van der Waals surface area contributed by atoms with Crippen LogP contribution in [0.15, 0.2) is 11.1 Å². The van der Waals surface area contributed by atoms with Gasteiger partial charge in [-0.2, -0.15) is 0 Å². The third-order valence-electron chi connectivity index (χ3n) is 0.395. The van der Waals surface area contributed by atoms with E-state index in [1.807, 2.05) is 0 Å². The second kappa shape index (κ2) is 3.64. The Hall–Kier alpha value is -0.340. The minimum absolute atomic E-state index is 0.0957. The molecule has 0 saturated heterocycles. The summed E-state index contributed by atoms with van der Waals surface area (Å²) in [5.74, 6) is 0. The van der Waals surface area contributed by atoms with Crippen molar-refractivity contribution in [3.63, 3.8) is 0 Å². The lowest BCUT2D eigenvalue weighted by atomic mass is 10.5. The molecule has 0 aliphatic heterocycles. The second-order valence-corrected chi connectivity index (χ2v) is 1.71. The van der Waals surface area contributed by atoms with Crippen LogP contribution in [0.3, 0.4) is 0 Å². The zero-order valence-corrected chi connectivity index (χ0v) is 5.25. The Morgan fingerprint density at radius 3 is 2.25 bits per heavy atom. The lowest BCUT2D eigenvalue weighted by Crippen LogP contribution is -1.81. The molecule has 2 nitrogen and oxygen atoms in total.